The fourth-order valence-corrected chi connectivity index (χ4v) is 2.95. The van der Waals surface area contributed by atoms with Crippen LogP contribution in [0.4, 0.5) is 0 Å². The van der Waals surface area contributed by atoms with Crippen LogP contribution in [-0.2, 0) is 16.1 Å². The maximum absolute atomic E-state index is 12.1. The highest BCUT2D eigenvalue weighted by atomic mass is 35.5. The number of ketones is 1. The van der Waals surface area contributed by atoms with E-state index in [1.165, 1.54) is 22.8 Å². The van der Waals surface area contributed by atoms with E-state index in [2.05, 4.69) is 0 Å². The summed E-state index contributed by atoms with van der Waals surface area (Å²) in [5.41, 5.74) is 1.26. The van der Waals surface area contributed by atoms with Gasteiger partial charge in [0.1, 0.15) is 0 Å². The van der Waals surface area contributed by atoms with Crippen LogP contribution in [0.15, 0.2) is 51.7 Å². The summed E-state index contributed by atoms with van der Waals surface area (Å²) in [6.45, 7) is -0.355. The molecule has 3 rings (SSSR count). The maximum atomic E-state index is 12.1. The molecule has 8 heteroatoms. The van der Waals surface area contributed by atoms with Crippen molar-refractivity contribution in [3.63, 3.8) is 0 Å². The number of hydrogen-bond acceptors (Lipinski definition) is 5. The van der Waals surface area contributed by atoms with Gasteiger partial charge >= 0.3 is 11.7 Å². The highest BCUT2D eigenvalue weighted by Crippen LogP contribution is 2.21. The number of aromatic nitrogens is 1. The number of carbonyl (C=O) groups excluding carboxylic acids is 2. The zero-order chi connectivity index (χ0) is 18.7. The van der Waals surface area contributed by atoms with E-state index in [1.54, 1.807) is 24.3 Å². The molecule has 0 N–H and O–H groups in total. The predicted molar refractivity (Wildman–Crippen MR) is 96.8 cm³/mol. The van der Waals surface area contributed by atoms with E-state index in [4.69, 9.17) is 32.4 Å². The van der Waals surface area contributed by atoms with E-state index in [-0.39, 0.29) is 23.6 Å². The van der Waals surface area contributed by atoms with Gasteiger partial charge in [-0.15, -0.1) is 0 Å². The van der Waals surface area contributed by atoms with Crippen molar-refractivity contribution in [3.05, 3.63) is 68.6 Å². The van der Waals surface area contributed by atoms with E-state index in [9.17, 15) is 14.4 Å². The first kappa shape index (κ1) is 18.2. The first-order valence-electron chi connectivity index (χ1n) is 7.68. The Labute approximate surface area is 157 Å². The van der Waals surface area contributed by atoms with Gasteiger partial charge < -0.3 is 9.15 Å². The molecule has 0 amide bonds. The Kier molecular flexibility index (Phi) is 5.44. The molecular weight excluding hydrogens is 381 g/mol. The molecule has 1 heterocycles. The van der Waals surface area contributed by atoms with Crippen LogP contribution in [0.25, 0.3) is 11.1 Å². The SMILES string of the molecule is O=C(CCn1c(=O)oc2ccccc21)OCC(=O)c1ccc(Cl)cc1Cl. The molecule has 0 aliphatic heterocycles. The van der Waals surface area contributed by atoms with Gasteiger partial charge in [-0.3, -0.25) is 14.2 Å². The van der Waals surface area contributed by atoms with Crippen molar-refractivity contribution in [2.45, 2.75) is 13.0 Å². The zero-order valence-electron chi connectivity index (χ0n) is 13.4. The summed E-state index contributed by atoms with van der Waals surface area (Å²) >= 11 is 11.7. The Balaban J connectivity index is 1.58. The molecule has 1 aromatic heterocycles. The van der Waals surface area contributed by atoms with Crippen molar-refractivity contribution in [3.8, 4) is 0 Å². The average molecular weight is 394 g/mol. The van der Waals surface area contributed by atoms with Gasteiger partial charge in [0, 0.05) is 17.1 Å². The highest BCUT2D eigenvalue weighted by molar-refractivity contribution is 6.36. The van der Waals surface area contributed by atoms with Crippen molar-refractivity contribution < 1.29 is 18.7 Å². The lowest BCUT2D eigenvalue weighted by Gasteiger charge is -2.06. The molecule has 0 fully saturated rings. The summed E-state index contributed by atoms with van der Waals surface area (Å²) in [6.07, 6.45) is -0.0783. The normalized spacial score (nSPS) is 10.8. The van der Waals surface area contributed by atoms with E-state index < -0.39 is 24.1 Å². The molecule has 0 radical (unpaired) electrons. The van der Waals surface area contributed by atoms with Gasteiger partial charge in [0.2, 0.25) is 5.78 Å². The van der Waals surface area contributed by atoms with Gasteiger partial charge in [0.25, 0.3) is 0 Å². The third kappa shape index (κ3) is 3.98. The molecule has 2 aromatic carbocycles. The van der Waals surface area contributed by atoms with Crippen LogP contribution in [0.3, 0.4) is 0 Å². The summed E-state index contributed by atoms with van der Waals surface area (Å²) in [5, 5.41) is 0.594. The van der Waals surface area contributed by atoms with Gasteiger partial charge in [-0.25, -0.2) is 4.79 Å². The molecule has 0 unspecified atom stereocenters. The minimum absolute atomic E-state index is 0.0783. The van der Waals surface area contributed by atoms with Crippen LogP contribution < -0.4 is 5.76 Å². The van der Waals surface area contributed by atoms with Gasteiger partial charge in [-0.2, -0.15) is 0 Å². The minimum atomic E-state index is -0.611. The lowest BCUT2D eigenvalue weighted by Crippen LogP contribution is -2.19. The molecular formula is C18H13Cl2NO5. The largest absolute Gasteiger partial charge is 0.457 e. The number of aryl methyl sites for hydroxylation is 1. The fourth-order valence-electron chi connectivity index (χ4n) is 2.44. The Morgan fingerprint density at radius 3 is 2.65 bits per heavy atom. The third-order valence-corrected chi connectivity index (χ3v) is 4.26. The van der Waals surface area contributed by atoms with Crippen molar-refractivity contribution in [1.82, 2.24) is 4.57 Å². The Morgan fingerprint density at radius 2 is 1.88 bits per heavy atom. The summed E-state index contributed by atoms with van der Waals surface area (Å²) in [7, 11) is 0. The standard InChI is InChI=1S/C18H13Cl2NO5/c19-11-5-6-12(13(20)9-11)15(22)10-25-17(23)7-8-21-14-3-1-2-4-16(14)26-18(21)24/h1-6,9H,7-8,10H2. The van der Waals surface area contributed by atoms with Crippen LogP contribution in [0.1, 0.15) is 16.8 Å². The molecule has 0 bridgehead atoms. The summed E-state index contributed by atoms with van der Waals surface area (Å²) in [4.78, 5) is 35.8. The Hall–Kier alpha value is -2.57. The number of rotatable bonds is 6. The zero-order valence-corrected chi connectivity index (χ0v) is 14.9. The number of halogens is 2. The van der Waals surface area contributed by atoms with Gasteiger partial charge in [-0.05, 0) is 30.3 Å². The quantitative estimate of drug-likeness (QED) is 0.471. The molecule has 0 spiro atoms. The molecule has 6 nitrogen and oxygen atoms in total. The van der Waals surface area contributed by atoms with Gasteiger partial charge in [-0.1, -0.05) is 35.3 Å². The number of hydrogen-bond donors (Lipinski definition) is 0. The number of Topliss-reactive ketones (excluding diaryl/α,β-unsaturated/α-hetero) is 1. The van der Waals surface area contributed by atoms with Crippen LogP contribution >= 0.6 is 23.2 Å². The number of ether oxygens (including phenoxy) is 1. The molecule has 0 aliphatic carbocycles. The number of fused-ring (bicyclic) bond motifs is 1. The van der Waals surface area contributed by atoms with E-state index >= 15 is 0 Å². The van der Waals surface area contributed by atoms with Gasteiger partial charge in [0.15, 0.2) is 12.2 Å². The smallest absolute Gasteiger partial charge is 0.419 e. The summed E-state index contributed by atoms with van der Waals surface area (Å²) in [5.74, 6) is -1.60. The van der Waals surface area contributed by atoms with E-state index in [0.29, 0.717) is 16.1 Å². The van der Waals surface area contributed by atoms with Crippen molar-refractivity contribution in [2.24, 2.45) is 0 Å². The van der Waals surface area contributed by atoms with E-state index in [0.717, 1.165) is 0 Å². The van der Waals surface area contributed by atoms with Crippen LogP contribution in [0, 0.1) is 0 Å². The molecule has 0 aliphatic rings. The summed E-state index contributed by atoms with van der Waals surface area (Å²) < 4.78 is 11.4. The molecule has 134 valence electrons. The van der Waals surface area contributed by atoms with Gasteiger partial charge in [0.05, 0.1) is 17.0 Å². The summed E-state index contributed by atoms with van der Waals surface area (Å²) in [6, 6.07) is 11.3. The maximum Gasteiger partial charge on any atom is 0.419 e. The molecule has 0 saturated carbocycles. The van der Waals surface area contributed by atoms with Crippen LogP contribution in [0.2, 0.25) is 10.0 Å². The number of oxazole rings is 1. The Bertz CT molecular complexity index is 1040. The van der Waals surface area contributed by atoms with Crippen molar-refractivity contribution >= 4 is 46.1 Å². The second-order valence-corrected chi connectivity index (χ2v) is 6.29. The third-order valence-electron chi connectivity index (χ3n) is 3.71. The Morgan fingerprint density at radius 1 is 1.12 bits per heavy atom. The molecule has 3 aromatic rings. The van der Waals surface area contributed by atoms with Crippen molar-refractivity contribution in [2.75, 3.05) is 6.61 Å². The lowest BCUT2D eigenvalue weighted by atomic mass is 10.1. The van der Waals surface area contributed by atoms with Crippen molar-refractivity contribution in [1.29, 1.82) is 0 Å². The number of benzene rings is 2. The minimum Gasteiger partial charge on any atom is -0.457 e. The predicted octanol–water partition coefficient (Wildman–Crippen LogP) is 3.72. The molecule has 0 saturated heterocycles. The molecule has 26 heavy (non-hydrogen) atoms. The average Bonchev–Trinajstić information content (AvgIpc) is 2.93. The fraction of sp³-hybridized carbons (Fsp3) is 0.167. The van der Waals surface area contributed by atoms with Crippen LogP contribution in [-0.4, -0.2) is 22.9 Å². The lowest BCUT2D eigenvalue weighted by molar-refractivity contribution is -0.142. The van der Waals surface area contributed by atoms with E-state index in [1.807, 2.05) is 0 Å². The number of carbonyl (C=O) groups is 2. The second kappa shape index (κ2) is 7.76. The number of nitrogens with zero attached hydrogens (tertiary/aromatic N) is 1. The topological polar surface area (TPSA) is 78.5 Å². The highest BCUT2D eigenvalue weighted by Gasteiger charge is 2.15. The monoisotopic (exact) mass is 393 g/mol. The van der Waals surface area contributed by atoms with Crippen LogP contribution in [0.5, 0.6) is 0 Å². The number of esters is 1. The second-order valence-electron chi connectivity index (χ2n) is 5.45. The number of para-hydroxylation sites is 2. The molecule has 0 atom stereocenters. The first-order chi connectivity index (χ1) is 12.5. The first-order valence-corrected chi connectivity index (χ1v) is 8.43.